The highest BCUT2D eigenvalue weighted by atomic mass is 32.1. The van der Waals surface area contributed by atoms with E-state index in [4.69, 9.17) is 9.15 Å². The van der Waals surface area contributed by atoms with Crippen molar-refractivity contribution < 1.29 is 18.7 Å². The average Bonchev–Trinajstić information content (AvgIpc) is 3.42. The summed E-state index contributed by atoms with van der Waals surface area (Å²) in [7, 11) is 1.57. The van der Waals surface area contributed by atoms with Crippen LogP contribution in [-0.4, -0.2) is 23.8 Å². The third-order valence-electron chi connectivity index (χ3n) is 4.17. The molecule has 0 atom stereocenters. The number of amides is 2. The van der Waals surface area contributed by atoms with Gasteiger partial charge >= 0.3 is 0 Å². The van der Waals surface area contributed by atoms with E-state index in [2.05, 4.69) is 5.32 Å². The Labute approximate surface area is 159 Å². The number of carbonyl (C=O) groups excluding carboxylic acids is 2. The van der Waals surface area contributed by atoms with Gasteiger partial charge in [0.1, 0.15) is 17.2 Å². The lowest BCUT2D eigenvalue weighted by Crippen LogP contribution is -2.31. The zero-order valence-electron chi connectivity index (χ0n) is 14.5. The molecular weight excluding hydrogens is 364 g/mol. The maximum atomic E-state index is 13.0. The van der Waals surface area contributed by atoms with E-state index in [9.17, 15) is 9.59 Å². The standard InChI is InChI=1S/C20H16N2O4S/c1-25-14-6-2-5-13(11-14)21-18-17(16-8-4-10-27-16)19(23)22(20(18)24)12-15-7-3-9-26-15/h2-11,21H,12H2,1H3. The number of nitrogens with zero attached hydrogens (tertiary/aromatic N) is 1. The Balaban J connectivity index is 1.71. The maximum Gasteiger partial charge on any atom is 0.278 e. The summed E-state index contributed by atoms with van der Waals surface area (Å²) in [5.74, 6) is 0.471. The molecule has 0 spiro atoms. The number of furan rings is 1. The van der Waals surface area contributed by atoms with Crippen molar-refractivity contribution in [2.45, 2.75) is 6.54 Å². The highest BCUT2D eigenvalue weighted by Gasteiger charge is 2.40. The zero-order chi connectivity index (χ0) is 18.8. The summed E-state index contributed by atoms with van der Waals surface area (Å²) >= 11 is 1.41. The molecule has 0 radical (unpaired) electrons. The van der Waals surface area contributed by atoms with Crippen molar-refractivity contribution >= 4 is 34.4 Å². The van der Waals surface area contributed by atoms with Gasteiger partial charge in [-0.2, -0.15) is 0 Å². The van der Waals surface area contributed by atoms with Gasteiger partial charge < -0.3 is 14.5 Å². The molecule has 1 aliphatic rings. The van der Waals surface area contributed by atoms with E-state index in [1.807, 2.05) is 35.7 Å². The third-order valence-corrected chi connectivity index (χ3v) is 5.06. The third kappa shape index (κ3) is 3.24. The molecule has 3 heterocycles. The fourth-order valence-corrected chi connectivity index (χ4v) is 3.66. The van der Waals surface area contributed by atoms with Gasteiger partial charge in [0.2, 0.25) is 0 Å². The van der Waals surface area contributed by atoms with Gasteiger partial charge in [0.15, 0.2) is 0 Å². The molecule has 2 aromatic heterocycles. The van der Waals surface area contributed by atoms with Crippen LogP contribution in [0.25, 0.3) is 5.57 Å². The lowest BCUT2D eigenvalue weighted by Gasteiger charge is -2.13. The van der Waals surface area contributed by atoms with E-state index in [1.54, 1.807) is 25.3 Å². The van der Waals surface area contributed by atoms with Crippen LogP contribution < -0.4 is 10.1 Å². The lowest BCUT2D eigenvalue weighted by atomic mass is 10.2. The molecule has 27 heavy (non-hydrogen) atoms. The molecule has 4 rings (SSSR count). The molecule has 6 nitrogen and oxygen atoms in total. The number of carbonyl (C=O) groups is 2. The van der Waals surface area contributed by atoms with Gasteiger partial charge in [0, 0.05) is 16.6 Å². The van der Waals surface area contributed by atoms with Gasteiger partial charge in [-0.05, 0) is 35.7 Å². The fourth-order valence-electron chi connectivity index (χ4n) is 2.89. The highest BCUT2D eigenvalue weighted by Crippen LogP contribution is 2.34. The molecule has 0 saturated heterocycles. The number of rotatable bonds is 6. The van der Waals surface area contributed by atoms with Crippen LogP contribution in [-0.2, 0) is 16.1 Å². The molecular formula is C20H16N2O4S. The number of ether oxygens (including phenoxy) is 1. The summed E-state index contributed by atoms with van der Waals surface area (Å²) in [4.78, 5) is 28.0. The minimum atomic E-state index is -0.386. The van der Waals surface area contributed by atoms with Gasteiger partial charge in [-0.25, -0.2) is 0 Å². The molecule has 1 aliphatic heterocycles. The van der Waals surface area contributed by atoms with E-state index in [0.29, 0.717) is 22.8 Å². The Morgan fingerprint density at radius 1 is 1.11 bits per heavy atom. The molecule has 1 aromatic carbocycles. The topological polar surface area (TPSA) is 71.8 Å². The summed E-state index contributed by atoms with van der Waals surface area (Å²) in [5, 5.41) is 4.98. The summed E-state index contributed by atoms with van der Waals surface area (Å²) in [6.07, 6.45) is 1.52. The van der Waals surface area contributed by atoms with Gasteiger partial charge in [0.05, 0.1) is 25.5 Å². The van der Waals surface area contributed by atoms with Crippen molar-refractivity contribution in [2.75, 3.05) is 12.4 Å². The van der Waals surface area contributed by atoms with Crippen LogP contribution in [0.4, 0.5) is 5.69 Å². The number of methoxy groups -OCH3 is 1. The Hall–Kier alpha value is -3.32. The molecule has 0 unspecified atom stereocenters. The molecule has 0 aliphatic carbocycles. The first kappa shape index (κ1) is 17.1. The maximum absolute atomic E-state index is 13.0. The van der Waals surface area contributed by atoms with E-state index in [0.717, 1.165) is 4.88 Å². The molecule has 7 heteroatoms. The van der Waals surface area contributed by atoms with Crippen molar-refractivity contribution in [3.05, 3.63) is 76.5 Å². The summed E-state index contributed by atoms with van der Waals surface area (Å²) in [5.41, 5.74) is 1.28. The molecule has 0 fully saturated rings. The molecule has 136 valence electrons. The van der Waals surface area contributed by atoms with Crippen LogP contribution in [0.5, 0.6) is 5.75 Å². The van der Waals surface area contributed by atoms with Gasteiger partial charge in [-0.1, -0.05) is 12.1 Å². The second kappa shape index (κ2) is 7.13. The normalized spacial score (nSPS) is 14.2. The number of anilines is 1. The SMILES string of the molecule is COc1cccc(NC2=C(c3cccs3)C(=O)N(Cc3ccco3)C2=O)c1. The first-order chi connectivity index (χ1) is 13.2. The minimum absolute atomic E-state index is 0.0861. The van der Waals surface area contributed by atoms with Crippen molar-refractivity contribution in [2.24, 2.45) is 0 Å². The Bertz CT molecular complexity index is 1010. The molecule has 0 saturated carbocycles. The van der Waals surface area contributed by atoms with Gasteiger partial charge in [0.25, 0.3) is 11.8 Å². The number of benzene rings is 1. The van der Waals surface area contributed by atoms with E-state index >= 15 is 0 Å². The van der Waals surface area contributed by atoms with Crippen LogP contribution >= 0.6 is 11.3 Å². The molecule has 2 amide bonds. The Morgan fingerprint density at radius 3 is 2.70 bits per heavy atom. The summed E-state index contributed by atoms with van der Waals surface area (Å²) in [6.45, 7) is 0.0861. The largest absolute Gasteiger partial charge is 0.497 e. The van der Waals surface area contributed by atoms with Crippen LogP contribution in [0.2, 0.25) is 0 Å². The Kier molecular flexibility index (Phi) is 4.52. The predicted molar refractivity (Wildman–Crippen MR) is 102 cm³/mol. The van der Waals surface area contributed by atoms with E-state index in [1.165, 1.54) is 22.5 Å². The number of imide groups is 1. The molecule has 3 aromatic rings. The van der Waals surface area contributed by atoms with Crippen LogP contribution in [0.3, 0.4) is 0 Å². The number of hydrogen-bond donors (Lipinski definition) is 1. The van der Waals surface area contributed by atoms with Crippen molar-refractivity contribution in [3.63, 3.8) is 0 Å². The van der Waals surface area contributed by atoms with Crippen molar-refractivity contribution in [3.8, 4) is 5.75 Å². The van der Waals surface area contributed by atoms with Gasteiger partial charge in [-0.3, -0.25) is 14.5 Å². The fraction of sp³-hybridized carbons (Fsp3) is 0.100. The lowest BCUT2D eigenvalue weighted by molar-refractivity contribution is -0.137. The van der Waals surface area contributed by atoms with E-state index in [-0.39, 0.29) is 24.1 Å². The van der Waals surface area contributed by atoms with E-state index < -0.39 is 0 Å². The smallest absolute Gasteiger partial charge is 0.278 e. The number of nitrogens with one attached hydrogen (secondary N) is 1. The van der Waals surface area contributed by atoms with Crippen molar-refractivity contribution in [1.82, 2.24) is 4.90 Å². The quantitative estimate of drug-likeness (QED) is 0.660. The zero-order valence-corrected chi connectivity index (χ0v) is 15.3. The van der Waals surface area contributed by atoms with Crippen LogP contribution in [0.1, 0.15) is 10.6 Å². The summed E-state index contributed by atoms with van der Waals surface area (Å²) < 4.78 is 10.5. The summed E-state index contributed by atoms with van der Waals surface area (Å²) in [6, 6.07) is 14.3. The second-order valence-corrected chi connectivity index (χ2v) is 6.81. The van der Waals surface area contributed by atoms with Gasteiger partial charge in [-0.15, -0.1) is 11.3 Å². The first-order valence-corrected chi connectivity index (χ1v) is 9.13. The number of thiophene rings is 1. The first-order valence-electron chi connectivity index (χ1n) is 8.25. The minimum Gasteiger partial charge on any atom is -0.497 e. The van der Waals surface area contributed by atoms with Crippen LogP contribution in [0.15, 0.2) is 70.3 Å². The predicted octanol–water partition coefficient (Wildman–Crippen LogP) is 3.74. The van der Waals surface area contributed by atoms with Crippen LogP contribution in [0, 0.1) is 0 Å². The highest BCUT2D eigenvalue weighted by molar-refractivity contribution is 7.11. The number of hydrogen-bond acceptors (Lipinski definition) is 6. The molecule has 0 bridgehead atoms. The second-order valence-electron chi connectivity index (χ2n) is 5.86. The Morgan fingerprint density at radius 2 is 2.00 bits per heavy atom. The average molecular weight is 380 g/mol. The monoisotopic (exact) mass is 380 g/mol. The molecule has 1 N–H and O–H groups in total. The van der Waals surface area contributed by atoms with Crippen molar-refractivity contribution in [1.29, 1.82) is 0 Å².